The average molecular weight is 350 g/mol. The van der Waals surface area contributed by atoms with Crippen LogP contribution in [0.1, 0.15) is 57.6 Å². The van der Waals surface area contributed by atoms with Gasteiger partial charge in [-0.2, -0.15) is 0 Å². The Labute approximate surface area is 153 Å². The maximum atomic E-state index is 10.7. The Morgan fingerprint density at radius 1 is 1.25 bits per heavy atom. The van der Waals surface area contributed by atoms with Gasteiger partial charge in [-0.05, 0) is 63.6 Å². The smallest absolute Gasteiger partial charge is 0.0634 e. The summed E-state index contributed by atoms with van der Waals surface area (Å²) in [5, 5.41) is 10.7. The van der Waals surface area contributed by atoms with Crippen molar-refractivity contribution < 1.29 is 5.11 Å². The van der Waals surface area contributed by atoms with E-state index in [0.717, 1.165) is 0 Å². The number of fused-ring (bicyclic) bond motifs is 2. The molecule has 5 unspecified atom stereocenters. The van der Waals surface area contributed by atoms with Crippen LogP contribution in [0.3, 0.4) is 0 Å². The van der Waals surface area contributed by atoms with E-state index in [1.807, 2.05) is 13.8 Å². The van der Waals surface area contributed by atoms with Gasteiger partial charge in [0, 0.05) is 23.4 Å². The standard InChI is InChI=1S/C21H31NO.ClH/c1-5-10-21-13-19-16(20(2,3)23)12-17(21)18(22(19)4)11-14-8-6-7-9-15(14)21;/h6-9,16-19,23H,5,10-13H2,1-4H3;1H. The molecular weight excluding hydrogens is 318 g/mol. The SMILES string of the molecule is CCCC12CC3C(C(C)(C)O)CC1C(Cc1ccccc12)N3C.Cl. The van der Waals surface area contributed by atoms with Gasteiger partial charge in [-0.3, -0.25) is 4.90 Å². The number of halogens is 1. The molecule has 0 radical (unpaired) electrons. The van der Waals surface area contributed by atoms with Crippen molar-refractivity contribution in [1.29, 1.82) is 0 Å². The van der Waals surface area contributed by atoms with Gasteiger partial charge >= 0.3 is 0 Å². The molecule has 1 saturated carbocycles. The van der Waals surface area contributed by atoms with Gasteiger partial charge in [-0.1, -0.05) is 37.6 Å². The summed E-state index contributed by atoms with van der Waals surface area (Å²) in [5.74, 6) is 1.10. The summed E-state index contributed by atoms with van der Waals surface area (Å²) in [6.07, 6.45) is 6.16. The first-order chi connectivity index (χ1) is 10.9. The Morgan fingerprint density at radius 2 is 1.96 bits per heavy atom. The summed E-state index contributed by atoms with van der Waals surface area (Å²) >= 11 is 0. The van der Waals surface area contributed by atoms with Crippen molar-refractivity contribution in [3.05, 3.63) is 35.4 Å². The fourth-order valence-corrected chi connectivity index (χ4v) is 6.44. The van der Waals surface area contributed by atoms with Gasteiger partial charge in [-0.15, -0.1) is 12.4 Å². The van der Waals surface area contributed by atoms with Gasteiger partial charge in [0.2, 0.25) is 0 Å². The first kappa shape index (κ1) is 18.2. The zero-order valence-electron chi connectivity index (χ0n) is 15.5. The Kier molecular flexibility index (Phi) is 4.56. The quantitative estimate of drug-likeness (QED) is 0.884. The van der Waals surface area contributed by atoms with E-state index in [1.165, 1.54) is 32.1 Å². The lowest BCUT2D eigenvalue weighted by Crippen LogP contribution is -2.70. The third-order valence-corrected chi connectivity index (χ3v) is 7.35. The summed E-state index contributed by atoms with van der Waals surface area (Å²) in [5.41, 5.74) is 3.00. The van der Waals surface area contributed by atoms with Crippen LogP contribution in [0.4, 0.5) is 0 Å². The topological polar surface area (TPSA) is 23.5 Å². The molecule has 24 heavy (non-hydrogen) atoms. The molecule has 134 valence electrons. The van der Waals surface area contributed by atoms with Crippen LogP contribution in [0.2, 0.25) is 0 Å². The second-order valence-electron chi connectivity index (χ2n) is 8.87. The van der Waals surface area contributed by atoms with E-state index in [0.29, 0.717) is 29.3 Å². The summed E-state index contributed by atoms with van der Waals surface area (Å²) in [6.45, 7) is 6.37. The molecule has 5 atom stereocenters. The maximum Gasteiger partial charge on any atom is 0.0634 e. The Bertz CT molecular complexity index is 610. The molecule has 2 saturated heterocycles. The highest BCUT2D eigenvalue weighted by molar-refractivity contribution is 5.85. The Balaban J connectivity index is 0.00000169. The predicted molar refractivity (Wildman–Crippen MR) is 102 cm³/mol. The van der Waals surface area contributed by atoms with E-state index in [9.17, 15) is 5.11 Å². The monoisotopic (exact) mass is 349 g/mol. The van der Waals surface area contributed by atoms with Gasteiger partial charge in [0.1, 0.15) is 0 Å². The van der Waals surface area contributed by atoms with Gasteiger partial charge in [0.25, 0.3) is 0 Å². The second kappa shape index (κ2) is 6.00. The third kappa shape index (κ3) is 2.37. The fourth-order valence-electron chi connectivity index (χ4n) is 6.44. The Hall–Kier alpha value is -0.570. The minimum Gasteiger partial charge on any atom is -0.390 e. The molecule has 1 aromatic rings. The molecule has 0 spiro atoms. The normalized spacial score (nSPS) is 37.7. The molecule has 4 bridgehead atoms. The molecule has 2 aliphatic carbocycles. The second-order valence-corrected chi connectivity index (χ2v) is 8.87. The van der Waals surface area contributed by atoms with E-state index in [2.05, 4.69) is 43.1 Å². The van der Waals surface area contributed by atoms with Crippen LogP contribution in [0.5, 0.6) is 0 Å². The molecule has 2 heterocycles. The highest BCUT2D eigenvalue weighted by Gasteiger charge is 2.61. The summed E-state index contributed by atoms with van der Waals surface area (Å²) in [4.78, 5) is 2.63. The minimum absolute atomic E-state index is 0. The van der Waals surface area contributed by atoms with Crippen molar-refractivity contribution in [1.82, 2.24) is 4.90 Å². The largest absolute Gasteiger partial charge is 0.390 e. The van der Waals surface area contributed by atoms with Crippen molar-refractivity contribution in [2.24, 2.45) is 11.8 Å². The number of nitrogens with zero attached hydrogens (tertiary/aromatic N) is 1. The number of benzene rings is 1. The molecule has 3 heteroatoms. The van der Waals surface area contributed by atoms with Crippen LogP contribution in [0, 0.1) is 11.8 Å². The molecule has 0 aromatic heterocycles. The van der Waals surface area contributed by atoms with E-state index in [1.54, 1.807) is 11.1 Å². The van der Waals surface area contributed by atoms with Crippen molar-refractivity contribution in [2.75, 3.05) is 7.05 Å². The summed E-state index contributed by atoms with van der Waals surface area (Å²) in [6, 6.07) is 10.4. The number of rotatable bonds is 3. The molecule has 1 aromatic carbocycles. The van der Waals surface area contributed by atoms with Crippen LogP contribution < -0.4 is 0 Å². The highest BCUT2D eigenvalue weighted by Crippen LogP contribution is 2.61. The first-order valence-electron chi connectivity index (χ1n) is 9.41. The molecular formula is C21H32ClNO. The zero-order chi connectivity index (χ0) is 16.4. The van der Waals surface area contributed by atoms with Crippen LogP contribution in [0.25, 0.3) is 0 Å². The van der Waals surface area contributed by atoms with Crippen LogP contribution in [-0.2, 0) is 11.8 Å². The molecule has 2 aliphatic heterocycles. The molecule has 4 aliphatic rings. The summed E-state index contributed by atoms with van der Waals surface area (Å²) < 4.78 is 0. The molecule has 2 nitrogen and oxygen atoms in total. The lowest BCUT2D eigenvalue weighted by molar-refractivity contribution is -0.149. The number of hydrogen-bond donors (Lipinski definition) is 1. The zero-order valence-corrected chi connectivity index (χ0v) is 16.3. The van der Waals surface area contributed by atoms with Gasteiger partial charge in [0.15, 0.2) is 0 Å². The van der Waals surface area contributed by atoms with E-state index < -0.39 is 5.60 Å². The molecule has 3 fully saturated rings. The van der Waals surface area contributed by atoms with Crippen molar-refractivity contribution >= 4 is 12.4 Å². The molecule has 1 N–H and O–H groups in total. The Morgan fingerprint density at radius 3 is 2.62 bits per heavy atom. The minimum atomic E-state index is -0.570. The van der Waals surface area contributed by atoms with Gasteiger partial charge < -0.3 is 5.11 Å². The summed E-state index contributed by atoms with van der Waals surface area (Å²) in [7, 11) is 2.31. The average Bonchev–Trinajstić information content (AvgIpc) is 2.50. The predicted octanol–water partition coefficient (Wildman–Crippen LogP) is 4.18. The maximum absolute atomic E-state index is 10.7. The van der Waals surface area contributed by atoms with Gasteiger partial charge in [-0.25, -0.2) is 0 Å². The van der Waals surface area contributed by atoms with Crippen LogP contribution in [-0.4, -0.2) is 34.7 Å². The van der Waals surface area contributed by atoms with E-state index in [-0.39, 0.29) is 12.4 Å². The number of hydrogen-bond acceptors (Lipinski definition) is 2. The lowest BCUT2D eigenvalue weighted by Gasteiger charge is -2.66. The van der Waals surface area contributed by atoms with Crippen molar-refractivity contribution in [2.45, 2.75) is 76.0 Å². The van der Waals surface area contributed by atoms with E-state index >= 15 is 0 Å². The van der Waals surface area contributed by atoms with Gasteiger partial charge in [0.05, 0.1) is 5.60 Å². The van der Waals surface area contributed by atoms with Crippen LogP contribution >= 0.6 is 12.4 Å². The lowest BCUT2D eigenvalue weighted by atomic mass is 9.46. The molecule has 0 amide bonds. The number of likely N-dealkylation sites (N-methyl/N-ethyl adjacent to an activating group) is 1. The van der Waals surface area contributed by atoms with Crippen molar-refractivity contribution in [3.63, 3.8) is 0 Å². The van der Waals surface area contributed by atoms with Crippen LogP contribution in [0.15, 0.2) is 24.3 Å². The fraction of sp³-hybridized carbons (Fsp3) is 0.714. The van der Waals surface area contributed by atoms with Crippen molar-refractivity contribution in [3.8, 4) is 0 Å². The third-order valence-electron chi connectivity index (χ3n) is 7.35. The number of aliphatic hydroxyl groups is 1. The number of piperidine rings is 2. The molecule has 5 rings (SSSR count). The van der Waals surface area contributed by atoms with E-state index in [4.69, 9.17) is 0 Å². The highest BCUT2D eigenvalue weighted by atomic mass is 35.5. The first-order valence-corrected chi connectivity index (χ1v) is 9.41.